The highest BCUT2D eigenvalue weighted by Gasteiger charge is 2.24. The molecule has 1 aromatic carbocycles. The maximum atomic E-state index is 10.5. The van der Waals surface area contributed by atoms with Crippen LogP contribution in [0.2, 0.25) is 0 Å². The summed E-state index contributed by atoms with van der Waals surface area (Å²) in [6.07, 6.45) is 1.57. The standard InChI is InChI=1S/C9H9BO3/c11-6-7-1-2-9-8(5-7)3-4-13-10(9)12/h1-2,5-6,12H,3-4H2. The molecular formula is C9H9BO3. The molecule has 0 saturated heterocycles. The molecular weight excluding hydrogens is 167 g/mol. The third-order valence-electron chi connectivity index (χ3n) is 2.22. The third kappa shape index (κ3) is 1.50. The SMILES string of the molecule is O=Cc1ccc2c(c1)CCOB2O. The van der Waals surface area contributed by atoms with Crippen LogP contribution >= 0.6 is 0 Å². The zero-order valence-electron chi connectivity index (χ0n) is 7.06. The van der Waals surface area contributed by atoms with E-state index in [1.165, 1.54) is 0 Å². The van der Waals surface area contributed by atoms with Gasteiger partial charge in [-0.2, -0.15) is 0 Å². The largest absolute Gasteiger partial charge is 0.491 e. The summed E-state index contributed by atoms with van der Waals surface area (Å²) in [5.41, 5.74) is 2.42. The number of hydrogen-bond acceptors (Lipinski definition) is 3. The number of carbonyl (C=O) groups excluding carboxylic acids is 1. The number of rotatable bonds is 1. The second-order valence-electron chi connectivity index (χ2n) is 3.05. The molecule has 0 unspecified atom stereocenters. The first kappa shape index (κ1) is 8.47. The van der Waals surface area contributed by atoms with E-state index in [0.717, 1.165) is 23.7 Å². The van der Waals surface area contributed by atoms with Crippen LogP contribution in [0.3, 0.4) is 0 Å². The highest BCUT2D eigenvalue weighted by Crippen LogP contribution is 2.08. The summed E-state index contributed by atoms with van der Waals surface area (Å²) >= 11 is 0. The van der Waals surface area contributed by atoms with Crippen molar-refractivity contribution in [2.24, 2.45) is 0 Å². The predicted molar refractivity (Wildman–Crippen MR) is 49.1 cm³/mol. The topological polar surface area (TPSA) is 46.5 Å². The number of aldehydes is 1. The van der Waals surface area contributed by atoms with Crippen molar-refractivity contribution in [2.45, 2.75) is 6.42 Å². The fraction of sp³-hybridized carbons (Fsp3) is 0.222. The normalized spacial score (nSPS) is 15.3. The number of benzene rings is 1. The zero-order valence-corrected chi connectivity index (χ0v) is 7.06. The molecule has 1 aliphatic heterocycles. The van der Waals surface area contributed by atoms with Gasteiger partial charge in [-0.1, -0.05) is 12.1 Å². The van der Waals surface area contributed by atoms with Crippen LogP contribution in [0.15, 0.2) is 18.2 Å². The van der Waals surface area contributed by atoms with Gasteiger partial charge in [-0.25, -0.2) is 0 Å². The van der Waals surface area contributed by atoms with Crippen LogP contribution in [0, 0.1) is 0 Å². The molecule has 0 fully saturated rings. The van der Waals surface area contributed by atoms with Crippen LogP contribution in [0.5, 0.6) is 0 Å². The molecule has 0 atom stereocenters. The molecule has 0 radical (unpaired) electrons. The third-order valence-corrected chi connectivity index (χ3v) is 2.22. The molecule has 66 valence electrons. The van der Waals surface area contributed by atoms with Gasteiger partial charge in [0, 0.05) is 12.2 Å². The van der Waals surface area contributed by atoms with E-state index >= 15 is 0 Å². The molecule has 4 heteroatoms. The Bertz CT molecular complexity index is 338. The van der Waals surface area contributed by atoms with Crippen molar-refractivity contribution in [1.82, 2.24) is 0 Å². The van der Waals surface area contributed by atoms with Crippen molar-refractivity contribution in [2.75, 3.05) is 6.61 Å². The molecule has 0 amide bonds. The first-order valence-corrected chi connectivity index (χ1v) is 4.19. The minimum absolute atomic E-state index is 0.510. The van der Waals surface area contributed by atoms with Crippen molar-refractivity contribution >= 4 is 18.9 Å². The molecule has 1 N–H and O–H groups in total. The first-order chi connectivity index (χ1) is 6.31. The lowest BCUT2D eigenvalue weighted by Gasteiger charge is -2.18. The maximum Gasteiger partial charge on any atom is 0.491 e. The van der Waals surface area contributed by atoms with Gasteiger partial charge in [-0.15, -0.1) is 0 Å². The Balaban J connectivity index is 2.45. The summed E-state index contributed by atoms with van der Waals surface area (Å²) in [5, 5.41) is 9.41. The molecule has 0 saturated carbocycles. The predicted octanol–water partition coefficient (Wildman–Crippen LogP) is -0.241. The second kappa shape index (κ2) is 3.32. The summed E-state index contributed by atoms with van der Waals surface area (Å²) in [6.45, 7) is 0.510. The van der Waals surface area contributed by atoms with E-state index in [-0.39, 0.29) is 0 Å². The van der Waals surface area contributed by atoms with Crippen LogP contribution in [0.25, 0.3) is 0 Å². The molecule has 1 aliphatic rings. The minimum atomic E-state index is -0.829. The van der Waals surface area contributed by atoms with Gasteiger partial charge in [0.1, 0.15) is 6.29 Å². The van der Waals surface area contributed by atoms with E-state index in [0.29, 0.717) is 12.2 Å². The van der Waals surface area contributed by atoms with Crippen molar-refractivity contribution in [3.8, 4) is 0 Å². The van der Waals surface area contributed by atoms with Gasteiger partial charge in [0.05, 0.1) is 0 Å². The lowest BCUT2D eigenvalue weighted by atomic mass is 9.73. The maximum absolute atomic E-state index is 10.5. The van der Waals surface area contributed by atoms with Gasteiger partial charge in [-0.3, -0.25) is 4.79 Å². The van der Waals surface area contributed by atoms with Crippen LogP contribution in [0.4, 0.5) is 0 Å². The van der Waals surface area contributed by atoms with Gasteiger partial charge >= 0.3 is 7.12 Å². The Hall–Kier alpha value is -1.13. The second-order valence-corrected chi connectivity index (χ2v) is 3.05. The molecule has 0 aliphatic carbocycles. The molecule has 13 heavy (non-hydrogen) atoms. The summed E-state index contributed by atoms with van der Waals surface area (Å²) in [7, 11) is -0.829. The molecule has 2 rings (SSSR count). The fourth-order valence-corrected chi connectivity index (χ4v) is 1.53. The Kier molecular flexibility index (Phi) is 2.16. The minimum Gasteiger partial charge on any atom is -0.423 e. The Morgan fingerprint density at radius 3 is 3.15 bits per heavy atom. The van der Waals surface area contributed by atoms with E-state index in [2.05, 4.69) is 0 Å². The summed E-state index contributed by atoms with van der Waals surface area (Å²) in [6, 6.07) is 5.22. The zero-order chi connectivity index (χ0) is 9.26. The van der Waals surface area contributed by atoms with E-state index < -0.39 is 7.12 Å². The van der Waals surface area contributed by atoms with E-state index in [4.69, 9.17) is 4.65 Å². The lowest BCUT2D eigenvalue weighted by molar-refractivity contribution is 0.112. The summed E-state index contributed by atoms with van der Waals surface area (Å²) in [4.78, 5) is 10.5. The molecule has 0 spiro atoms. The van der Waals surface area contributed by atoms with Gasteiger partial charge in [-0.05, 0) is 23.5 Å². The average molecular weight is 176 g/mol. The number of carbonyl (C=O) groups is 1. The monoisotopic (exact) mass is 176 g/mol. The van der Waals surface area contributed by atoms with Crippen LogP contribution < -0.4 is 5.46 Å². The van der Waals surface area contributed by atoms with Crippen LogP contribution in [0.1, 0.15) is 15.9 Å². The van der Waals surface area contributed by atoms with Crippen molar-refractivity contribution in [3.05, 3.63) is 29.3 Å². The van der Waals surface area contributed by atoms with Crippen LogP contribution in [-0.4, -0.2) is 25.0 Å². The highest BCUT2D eigenvalue weighted by atomic mass is 16.5. The fourth-order valence-electron chi connectivity index (χ4n) is 1.53. The van der Waals surface area contributed by atoms with Gasteiger partial charge < -0.3 is 9.68 Å². The van der Waals surface area contributed by atoms with E-state index in [1.54, 1.807) is 18.2 Å². The number of hydrogen-bond donors (Lipinski definition) is 1. The van der Waals surface area contributed by atoms with Crippen LogP contribution in [-0.2, 0) is 11.1 Å². The molecule has 1 heterocycles. The number of fused-ring (bicyclic) bond motifs is 1. The molecule has 0 aromatic heterocycles. The quantitative estimate of drug-likeness (QED) is 0.474. The Labute approximate surface area is 76.5 Å². The van der Waals surface area contributed by atoms with Gasteiger partial charge in [0.25, 0.3) is 0 Å². The first-order valence-electron chi connectivity index (χ1n) is 4.19. The Morgan fingerprint density at radius 1 is 1.54 bits per heavy atom. The van der Waals surface area contributed by atoms with Gasteiger partial charge in [0.15, 0.2) is 0 Å². The average Bonchev–Trinajstić information content (AvgIpc) is 2.18. The molecule has 0 bridgehead atoms. The smallest absolute Gasteiger partial charge is 0.423 e. The van der Waals surface area contributed by atoms with E-state index in [9.17, 15) is 9.82 Å². The van der Waals surface area contributed by atoms with Crippen molar-refractivity contribution in [1.29, 1.82) is 0 Å². The molecule has 1 aromatic rings. The van der Waals surface area contributed by atoms with Gasteiger partial charge in [0.2, 0.25) is 0 Å². The summed E-state index contributed by atoms with van der Waals surface area (Å²) in [5.74, 6) is 0. The van der Waals surface area contributed by atoms with Crippen molar-refractivity contribution < 1.29 is 14.5 Å². The van der Waals surface area contributed by atoms with E-state index in [1.807, 2.05) is 0 Å². The van der Waals surface area contributed by atoms with Crippen molar-refractivity contribution in [3.63, 3.8) is 0 Å². The Morgan fingerprint density at radius 2 is 2.38 bits per heavy atom. The summed E-state index contributed by atoms with van der Waals surface area (Å²) < 4.78 is 5.04. The molecule has 3 nitrogen and oxygen atoms in total. The highest BCUT2D eigenvalue weighted by molar-refractivity contribution is 6.60. The lowest BCUT2D eigenvalue weighted by Crippen LogP contribution is -2.41.